The molecule has 170 valence electrons. The molecule has 3 aromatic carbocycles. The molecule has 1 N–H and O–H groups in total. The molecule has 6 rings (SSSR count). The second-order valence-corrected chi connectivity index (χ2v) is 9.97. The number of hydrogen-bond donors (Lipinski definition) is 1. The molecule has 0 spiro atoms. The number of rotatable bonds is 3. The van der Waals surface area contributed by atoms with E-state index in [0.29, 0.717) is 21.2 Å². The van der Waals surface area contributed by atoms with Gasteiger partial charge in [0.1, 0.15) is 17.9 Å². The van der Waals surface area contributed by atoms with Crippen molar-refractivity contribution in [3.63, 3.8) is 0 Å². The molecule has 0 saturated heterocycles. The van der Waals surface area contributed by atoms with Gasteiger partial charge in [0, 0.05) is 21.2 Å². The second-order valence-electron chi connectivity index (χ2n) is 8.33. The van der Waals surface area contributed by atoms with E-state index in [-0.39, 0.29) is 12.1 Å². The van der Waals surface area contributed by atoms with Gasteiger partial charge in [0.15, 0.2) is 0 Å². The maximum Gasteiger partial charge on any atom is 0.227 e. The van der Waals surface area contributed by atoms with E-state index in [0.717, 1.165) is 33.7 Å². The Balaban J connectivity index is 1.63. The molecule has 0 amide bonds. The normalized spacial score (nSPS) is 18.5. The number of nitrogens with one attached hydrogen (secondary N) is 1. The highest BCUT2D eigenvalue weighted by Gasteiger charge is 2.41. The number of thioether (sulfide) groups is 1. The van der Waals surface area contributed by atoms with Gasteiger partial charge in [0.05, 0.1) is 5.70 Å². The third-order valence-corrected chi connectivity index (χ3v) is 7.19. The number of aromatic nitrogens is 3. The van der Waals surface area contributed by atoms with E-state index in [1.54, 1.807) is 0 Å². The molecule has 5 nitrogen and oxygen atoms in total. The fraction of sp³-hybridized carbons (Fsp3) is 0.154. The predicted molar refractivity (Wildman–Crippen MR) is 138 cm³/mol. The molecule has 3 heterocycles. The molecule has 0 radical (unpaired) electrons. The van der Waals surface area contributed by atoms with Crippen LogP contribution in [-0.2, 0) is 0 Å². The number of ether oxygens (including phenoxy) is 1. The molecule has 0 fully saturated rings. The van der Waals surface area contributed by atoms with Crippen LogP contribution in [0.25, 0.3) is 5.70 Å². The zero-order valence-corrected chi connectivity index (χ0v) is 20.7. The first kappa shape index (κ1) is 21.6. The highest BCUT2D eigenvalue weighted by Crippen LogP contribution is 2.51. The van der Waals surface area contributed by atoms with Crippen molar-refractivity contribution >= 4 is 46.6 Å². The molecule has 0 saturated carbocycles. The summed E-state index contributed by atoms with van der Waals surface area (Å²) in [6.45, 7) is 2.09. The van der Waals surface area contributed by atoms with Crippen LogP contribution < -0.4 is 10.1 Å². The molecule has 34 heavy (non-hydrogen) atoms. The lowest BCUT2D eigenvalue weighted by Crippen LogP contribution is -2.32. The average Bonchev–Trinajstić information content (AvgIpc) is 3.27. The quantitative estimate of drug-likeness (QED) is 0.298. The number of halogens is 2. The van der Waals surface area contributed by atoms with E-state index in [1.165, 1.54) is 17.3 Å². The maximum atomic E-state index is 6.64. The van der Waals surface area contributed by atoms with Crippen molar-refractivity contribution in [3.8, 4) is 5.75 Å². The highest BCUT2D eigenvalue weighted by atomic mass is 35.5. The summed E-state index contributed by atoms with van der Waals surface area (Å²) in [4.78, 5) is 4.74. The molecule has 0 aliphatic carbocycles. The van der Waals surface area contributed by atoms with Crippen molar-refractivity contribution in [1.29, 1.82) is 0 Å². The summed E-state index contributed by atoms with van der Waals surface area (Å²) in [6.07, 6.45) is 1.62. The van der Waals surface area contributed by atoms with Crippen molar-refractivity contribution in [2.75, 3.05) is 11.6 Å². The smallest absolute Gasteiger partial charge is 0.227 e. The lowest BCUT2D eigenvalue weighted by molar-refractivity contribution is 0.223. The third kappa shape index (κ3) is 3.57. The minimum atomic E-state index is -0.352. The third-order valence-electron chi connectivity index (χ3n) is 6.16. The van der Waals surface area contributed by atoms with Gasteiger partial charge in [-0.3, -0.25) is 0 Å². The summed E-state index contributed by atoms with van der Waals surface area (Å²) in [7, 11) is 0. The lowest BCUT2D eigenvalue weighted by atomic mass is 9.84. The van der Waals surface area contributed by atoms with Crippen LogP contribution in [0.4, 0.5) is 5.95 Å². The van der Waals surface area contributed by atoms with Gasteiger partial charge < -0.3 is 10.1 Å². The van der Waals surface area contributed by atoms with Crippen molar-refractivity contribution in [2.24, 2.45) is 0 Å². The molecular weight excluding hydrogens is 487 g/mol. The van der Waals surface area contributed by atoms with Gasteiger partial charge >= 0.3 is 0 Å². The zero-order valence-electron chi connectivity index (χ0n) is 18.4. The monoisotopic (exact) mass is 506 g/mol. The Bertz CT molecular complexity index is 1430. The Kier molecular flexibility index (Phi) is 5.32. The van der Waals surface area contributed by atoms with E-state index in [2.05, 4.69) is 36.5 Å². The van der Waals surface area contributed by atoms with Gasteiger partial charge in [-0.15, -0.1) is 5.10 Å². The Labute approximate surface area is 211 Å². The number of anilines is 1. The van der Waals surface area contributed by atoms with Crippen LogP contribution in [0.1, 0.15) is 34.4 Å². The first-order chi connectivity index (χ1) is 16.5. The van der Waals surface area contributed by atoms with Crippen molar-refractivity contribution in [2.45, 2.75) is 24.2 Å². The van der Waals surface area contributed by atoms with Crippen LogP contribution in [0.15, 0.2) is 77.5 Å². The first-order valence-corrected chi connectivity index (χ1v) is 12.8. The Morgan fingerprint density at radius 2 is 1.65 bits per heavy atom. The van der Waals surface area contributed by atoms with E-state index in [1.807, 2.05) is 53.4 Å². The van der Waals surface area contributed by atoms with Crippen molar-refractivity contribution < 1.29 is 4.74 Å². The second kappa shape index (κ2) is 8.38. The molecule has 2 aliphatic rings. The van der Waals surface area contributed by atoms with Crippen LogP contribution in [0.5, 0.6) is 5.75 Å². The molecule has 8 heteroatoms. The summed E-state index contributed by atoms with van der Waals surface area (Å²) in [5.74, 6) is 1.45. The Morgan fingerprint density at radius 1 is 0.941 bits per heavy atom. The zero-order chi connectivity index (χ0) is 23.4. The average molecular weight is 507 g/mol. The maximum absolute atomic E-state index is 6.64. The van der Waals surface area contributed by atoms with Gasteiger partial charge in [-0.05, 0) is 54.6 Å². The number of hydrogen-bond acceptors (Lipinski definition) is 5. The molecule has 2 unspecified atom stereocenters. The summed E-state index contributed by atoms with van der Waals surface area (Å²) >= 11 is 14.1. The van der Waals surface area contributed by atoms with E-state index in [9.17, 15) is 0 Å². The summed E-state index contributed by atoms with van der Waals surface area (Å²) in [6, 6.07) is 21.8. The first-order valence-electron chi connectivity index (χ1n) is 10.8. The van der Waals surface area contributed by atoms with Gasteiger partial charge in [-0.1, -0.05) is 76.9 Å². The fourth-order valence-corrected chi connectivity index (χ4v) is 5.20. The van der Waals surface area contributed by atoms with Gasteiger partial charge in [0.2, 0.25) is 11.1 Å². The molecule has 4 aromatic rings. The SMILES string of the molecule is CSc1nc2n(n1)C(c1ccc(C)cc1)C1=C(N2)c2cc(Cl)ccc2OC1c1ccc(Cl)cc1. The van der Waals surface area contributed by atoms with Crippen molar-refractivity contribution in [1.82, 2.24) is 14.8 Å². The minimum absolute atomic E-state index is 0.215. The van der Waals surface area contributed by atoms with Crippen LogP contribution >= 0.6 is 35.0 Å². The Hall–Kier alpha value is -2.93. The van der Waals surface area contributed by atoms with Crippen LogP contribution in [0, 0.1) is 6.92 Å². The molecule has 1 aromatic heterocycles. The number of nitrogens with zero attached hydrogens (tertiary/aromatic N) is 3. The molecule has 0 bridgehead atoms. The number of aryl methyl sites for hydroxylation is 1. The fourth-order valence-electron chi connectivity index (χ4n) is 4.55. The highest BCUT2D eigenvalue weighted by molar-refractivity contribution is 7.98. The van der Waals surface area contributed by atoms with Crippen LogP contribution in [-0.4, -0.2) is 21.0 Å². The minimum Gasteiger partial charge on any atom is -0.480 e. The predicted octanol–water partition coefficient (Wildman–Crippen LogP) is 7.18. The van der Waals surface area contributed by atoms with Crippen LogP contribution in [0.3, 0.4) is 0 Å². The molecule has 2 atom stereocenters. The van der Waals surface area contributed by atoms with Gasteiger partial charge in [-0.2, -0.15) is 4.98 Å². The largest absolute Gasteiger partial charge is 0.480 e. The summed E-state index contributed by atoms with van der Waals surface area (Å²) < 4.78 is 8.60. The van der Waals surface area contributed by atoms with Gasteiger partial charge in [-0.25, -0.2) is 4.68 Å². The van der Waals surface area contributed by atoms with E-state index in [4.69, 9.17) is 38.0 Å². The molecular formula is C26H20Cl2N4OS. The van der Waals surface area contributed by atoms with E-state index < -0.39 is 0 Å². The van der Waals surface area contributed by atoms with Crippen molar-refractivity contribution in [3.05, 3.63) is 105 Å². The Morgan fingerprint density at radius 3 is 2.38 bits per heavy atom. The lowest BCUT2D eigenvalue weighted by Gasteiger charge is -2.39. The topological polar surface area (TPSA) is 52.0 Å². The van der Waals surface area contributed by atoms with Gasteiger partial charge in [0.25, 0.3) is 0 Å². The summed E-state index contributed by atoms with van der Waals surface area (Å²) in [5, 5.41) is 10.4. The van der Waals surface area contributed by atoms with Crippen LogP contribution in [0.2, 0.25) is 10.0 Å². The number of benzene rings is 3. The number of fused-ring (bicyclic) bond motifs is 3. The summed E-state index contributed by atoms with van der Waals surface area (Å²) in [5.41, 5.74) is 6.20. The molecule has 2 aliphatic heterocycles. The standard InChI is InChI=1S/C26H20Cl2N4OS/c1-14-3-5-15(6-4-14)23-21-22(29-25-30-26(34-2)31-32(23)25)19-13-18(28)11-12-20(19)33-24(21)16-7-9-17(27)10-8-16/h3-13,23-24H,1-2H3,(H,29,30,31). The van der Waals surface area contributed by atoms with E-state index >= 15 is 0 Å².